The molecule has 0 aromatic heterocycles. The molecule has 0 aliphatic rings. The number of rotatable bonds is 5. The highest BCUT2D eigenvalue weighted by molar-refractivity contribution is 7.54. The van der Waals surface area contributed by atoms with E-state index in [0.29, 0.717) is 0 Å². The molecule has 0 saturated heterocycles. The van der Waals surface area contributed by atoms with Crippen LogP contribution in [0.25, 0.3) is 0 Å². The van der Waals surface area contributed by atoms with Crippen LogP contribution in [0.2, 0.25) is 0 Å². The predicted octanol–water partition coefficient (Wildman–Crippen LogP) is 3.38. The molecular formula is C13H19FNO4P. The van der Waals surface area contributed by atoms with Gasteiger partial charge < -0.3 is 14.3 Å². The first kappa shape index (κ1) is 16.7. The van der Waals surface area contributed by atoms with E-state index in [0.717, 1.165) is 0 Å². The van der Waals surface area contributed by atoms with Crippen LogP contribution in [0.3, 0.4) is 0 Å². The van der Waals surface area contributed by atoms with Crippen LogP contribution in [0, 0.1) is 11.7 Å². The minimum absolute atomic E-state index is 0.0282. The van der Waals surface area contributed by atoms with Crippen molar-refractivity contribution < 1.29 is 23.2 Å². The standard InChI is InChI=1S/C13H19FNO4P/c1-9(2)10(3)20(16,17)19-13(15-18-4)11-7-5-6-8-12(11)14/h5-10H,1-4H3,(H,16,17)/t10-/m0/s1. The van der Waals surface area contributed by atoms with E-state index < -0.39 is 19.1 Å². The summed E-state index contributed by atoms with van der Waals surface area (Å²) in [6.07, 6.45) is 0. The van der Waals surface area contributed by atoms with Gasteiger partial charge in [0.05, 0.1) is 11.2 Å². The second-order valence-corrected chi connectivity index (χ2v) is 6.82. The minimum Gasteiger partial charge on any atom is -0.402 e. The summed E-state index contributed by atoms with van der Waals surface area (Å²) in [4.78, 5) is 14.5. The molecule has 5 nitrogen and oxygen atoms in total. The van der Waals surface area contributed by atoms with Crippen molar-refractivity contribution in [2.75, 3.05) is 7.11 Å². The molecule has 1 unspecified atom stereocenters. The Morgan fingerprint density at radius 3 is 2.45 bits per heavy atom. The Bertz CT molecular complexity index is 533. The fraction of sp³-hybridized carbons (Fsp3) is 0.462. The zero-order chi connectivity index (χ0) is 15.3. The number of hydrogen-bond acceptors (Lipinski definition) is 4. The molecule has 1 N–H and O–H groups in total. The molecule has 2 atom stereocenters. The van der Waals surface area contributed by atoms with Gasteiger partial charge in [0.25, 0.3) is 5.90 Å². The first-order chi connectivity index (χ1) is 9.29. The quantitative estimate of drug-likeness (QED) is 0.392. The SMILES string of the molecule is CON=C(OP(=O)(O)[C@@H](C)C(C)C)c1ccccc1F. The molecule has 0 bridgehead atoms. The average Bonchev–Trinajstić information content (AvgIpc) is 2.37. The molecule has 112 valence electrons. The van der Waals surface area contributed by atoms with Crippen molar-refractivity contribution in [3.63, 3.8) is 0 Å². The zero-order valence-corrected chi connectivity index (χ0v) is 12.8. The van der Waals surface area contributed by atoms with E-state index in [-0.39, 0.29) is 17.4 Å². The molecule has 0 spiro atoms. The van der Waals surface area contributed by atoms with E-state index in [2.05, 4.69) is 9.99 Å². The van der Waals surface area contributed by atoms with Crippen LogP contribution in [0.4, 0.5) is 4.39 Å². The molecule has 1 rings (SSSR count). The van der Waals surface area contributed by atoms with E-state index in [1.807, 2.05) is 0 Å². The Labute approximate surface area is 117 Å². The highest BCUT2D eigenvalue weighted by Gasteiger charge is 2.34. The lowest BCUT2D eigenvalue weighted by atomic mass is 10.2. The molecule has 1 aromatic rings. The third-order valence-corrected chi connectivity index (χ3v) is 5.04. The van der Waals surface area contributed by atoms with Crippen molar-refractivity contribution in [2.24, 2.45) is 11.1 Å². The first-order valence-corrected chi connectivity index (χ1v) is 7.82. The number of nitrogens with zero attached hydrogens (tertiary/aromatic N) is 1. The Kier molecular flexibility index (Phi) is 5.72. The third-order valence-electron chi connectivity index (χ3n) is 2.98. The maximum absolute atomic E-state index is 13.7. The number of benzene rings is 1. The summed E-state index contributed by atoms with van der Waals surface area (Å²) >= 11 is 0. The van der Waals surface area contributed by atoms with Crippen LogP contribution in [0.1, 0.15) is 26.3 Å². The lowest BCUT2D eigenvalue weighted by Gasteiger charge is -2.22. The Hall–Kier alpha value is -1.39. The van der Waals surface area contributed by atoms with Gasteiger partial charge >= 0.3 is 7.60 Å². The summed E-state index contributed by atoms with van der Waals surface area (Å²) in [5.74, 6) is -1.03. The smallest absolute Gasteiger partial charge is 0.381 e. The topological polar surface area (TPSA) is 68.1 Å². The predicted molar refractivity (Wildman–Crippen MR) is 75.2 cm³/mol. The summed E-state index contributed by atoms with van der Waals surface area (Å²) in [6, 6.07) is 5.67. The van der Waals surface area contributed by atoms with Gasteiger partial charge in [-0.05, 0) is 30.1 Å². The van der Waals surface area contributed by atoms with Crippen molar-refractivity contribution in [1.82, 2.24) is 0 Å². The summed E-state index contributed by atoms with van der Waals surface area (Å²) < 4.78 is 31.0. The highest BCUT2D eigenvalue weighted by Crippen LogP contribution is 2.51. The molecule has 0 heterocycles. The van der Waals surface area contributed by atoms with Gasteiger partial charge in [0.15, 0.2) is 0 Å². The Morgan fingerprint density at radius 1 is 1.35 bits per heavy atom. The van der Waals surface area contributed by atoms with Gasteiger partial charge in [0, 0.05) is 0 Å². The van der Waals surface area contributed by atoms with Crippen molar-refractivity contribution in [3.8, 4) is 0 Å². The van der Waals surface area contributed by atoms with E-state index in [1.54, 1.807) is 26.8 Å². The van der Waals surface area contributed by atoms with Crippen molar-refractivity contribution in [3.05, 3.63) is 35.6 Å². The highest BCUT2D eigenvalue weighted by atomic mass is 31.2. The van der Waals surface area contributed by atoms with E-state index in [9.17, 15) is 13.8 Å². The third kappa shape index (κ3) is 4.05. The summed E-state index contributed by atoms with van der Waals surface area (Å²) in [6.45, 7) is 5.19. The van der Waals surface area contributed by atoms with E-state index in [4.69, 9.17) is 4.52 Å². The lowest BCUT2D eigenvalue weighted by Crippen LogP contribution is -2.17. The second-order valence-electron chi connectivity index (χ2n) is 4.70. The lowest BCUT2D eigenvalue weighted by molar-refractivity contribution is 0.203. The molecule has 20 heavy (non-hydrogen) atoms. The maximum Gasteiger partial charge on any atom is 0.381 e. The van der Waals surface area contributed by atoms with Gasteiger partial charge in [-0.3, -0.25) is 0 Å². The number of hydrogen-bond donors (Lipinski definition) is 1. The number of oxime groups is 1. The first-order valence-electron chi connectivity index (χ1n) is 6.17. The van der Waals surface area contributed by atoms with Gasteiger partial charge in [-0.25, -0.2) is 8.96 Å². The second kappa shape index (κ2) is 6.86. The molecule has 0 saturated carbocycles. The van der Waals surface area contributed by atoms with Crippen LogP contribution in [-0.2, 0) is 13.9 Å². The van der Waals surface area contributed by atoms with Gasteiger partial charge in [-0.2, -0.15) is 0 Å². The molecule has 7 heteroatoms. The minimum atomic E-state index is -3.99. The number of halogens is 1. The van der Waals surface area contributed by atoms with Crippen LogP contribution >= 0.6 is 7.60 Å². The van der Waals surface area contributed by atoms with Crippen LogP contribution in [0.15, 0.2) is 29.4 Å². The van der Waals surface area contributed by atoms with Crippen molar-refractivity contribution in [1.29, 1.82) is 0 Å². The van der Waals surface area contributed by atoms with Gasteiger partial charge in [0.1, 0.15) is 12.9 Å². The normalized spacial score (nSPS) is 16.6. The van der Waals surface area contributed by atoms with Crippen LogP contribution < -0.4 is 0 Å². The van der Waals surface area contributed by atoms with Gasteiger partial charge in [0.2, 0.25) is 0 Å². The summed E-state index contributed by atoms with van der Waals surface area (Å²) in [7, 11) is -2.74. The van der Waals surface area contributed by atoms with Gasteiger partial charge in [-0.1, -0.05) is 26.0 Å². The maximum atomic E-state index is 13.7. The van der Waals surface area contributed by atoms with Crippen LogP contribution in [-0.4, -0.2) is 23.6 Å². The Morgan fingerprint density at radius 2 is 1.95 bits per heavy atom. The Balaban J connectivity index is 3.10. The largest absolute Gasteiger partial charge is 0.402 e. The monoisotopic (exact) mass is 303 g/mol. The fourth-order valence-electron chi connectivity index (χ4n) is 1.42. The van der Waals surface area contributed by atoms with Crippen LogP contribution in [0.5, 0.6) is 0 Å². The molecular weight excluding hydrogens is 284 g/mol. The fourth-order valence-corrected chi connectivity index (χ4v) is 2.72. The summed E-state index contributed by atoms with van der Waals surface area (Å²) in [5.41, 5.74) is -0.643. The molecule has 1 aromatic carbocycles. The van der Waals surface area contributed by atoms with Gasteiger partial charge in [-0.15, -0.1) is 0 Å². The average molecular weight is 303 g/mol. The molecule has 0 aliphatic heterocycles. The molecule has 0 fully saturated rings. The van der Waals surface area contributed by atoms with Crippen molar-refractivity contribution in [2.45, 2.75) is 26.4 Å². The summed E-state index contributed by atoms with van der Waals surface area (Å²) in [5, 5.41) is 3.50. The van der Waals surface area contributed by atoms with Crippen molar-refractivity contribution >= 4 is 13.5 Å². The molecule has 0 radical (unpaired) electrons. The van der Waals surface area contributed by atoms with E-state index in [1.165, 1.54) is 25.3 Å². The molecule has 0 amide bonds. The molecule has 0 aliphatic carbocycles. The van der Waals surface area contributed by atoms with E-state index >= 15 is 0 Å². The zero-order valence-electron chi connectivity index (χ0n) is 11.9.